The smallest absolute Gasteiger partial charge is 0.332 e. The molecule has 1 rings (SSSR count). The van der Waals surface area contributed by atoms with Gasteiger partial charge in [-0.15, -0.1) is 0 Å². The first kappa shape index (κ1) is 15.0. The molecule has 0 aliphatic carbocycles. The molecule has 0 saturated heterocycles. The van der Waals surface area contributed by atoms with Crippen molar-refractivity contribution in [2.24, 2.45) is 4.99 Å². The number of rotatable bonds is 6. The van der Waals surface area contributed by atoms with E-state index in [9.17, 15) is 4.79 Å². The minimum absolute atomic E-state index is 0.135. The molecule has 1 unspecified atom stereocenters. The van der Waals surface area contributed by atoms with Gasteiger partial charge in [-0.2, -0.15) is 0 Å². The highest BCUT2D eigenvalue weighted by molar-refractivity contribution is 5.82. The number of hydrogen-bond acceptors (Lipinski definition) is 6. The largest absolute Gasteiger partial charge is 0.504 e. The fourth-order valence-corrected chi connectivity index (χ4v) is 1.27. The number of hydrazine groups is 1. The molecule has 0 aromatic rings. The van der Waals surface area contributed by atoms with Crippen LogP contribution in [0.5, 0.6) is 0 Å². The van der Waals surface area contributed by atoms with Crippen LogP contribution < -0.4 is 5.43 Å². The first-order valence-electron chi connectivity index (χ1n) is 5.87. The molecule has 1 N–H and O–H groups in total. The third-order valence-electron chi connectivity index (χ3n) is 2.10. The molecule has 0 aromatic heterocycles. The van der Waals surface area contributed by atoms with Gasteiger partial charge in [0.15, 0.2) is 0 Å². The summed E-state index contributed by atoms with van der Waals surface area (Å²) in [6.45, 7) is 7.45. The molecule has 1 atom stereocenters. The van der Waals surface area contributed by atoms with E-state index in [2.05, 4.69) is 17.0 Å². The molecule has 0 amide bonds. The molecule has 1 aliphatic rings. The molecule has 6 heteroatoms. The molecule has 0 spiro atoms. The van der Waals surface area contributed by atoms with Crippen LogP contribution in [0.15, 0.2) is 41.8 Å². The summed E-state index contributed by atoms with van der Waals surface area (Å²) >= 11 is 0. The van der Waals surface area contributed by atoms with Crippen molar-refractivity contribution in [3.8, 4) is 0 Å². The third-order valence-corrected chi connectivity index (χ3v) is 2.10. The minimum Gasteiger partial charge on any atom is -0.504 e. The Morgan fingerprint density at radius 3 is 2.89 bits per heavy atom. The molecule has 0 bridgehead atoms. The van der Waals surface area contributed by atoms with E-state index >= 15 is 0 Å². The Kier molecular flexibility index (Phi) is 5.81. The van der Waals surface area contributed by atoms with Gasteiger partial charge in [0, 0.05) is 12.3 Å². The predicted octanol–water partition coefficient (Wildman–Crippen LogP) is 1.34. The number of carbonyl (C=O) groups is 1. The van der Waals surface area contributed by atoms with Crippen molar-refractivity contribution in [3.63, 3.8) is 0 Å². The topological polar surface area (TPSA) is 63.2 Å². The molecule has 104 valence electrons. The summed E-state index contributed by atoms with van der Waals surface area (Å²) in [4.78, 5) is 15.5. The quantitative estimate of drug-likeness (QED) is 0.340. The van der Waals surface area contributed by atoms with E-state index < -0.39 is 5.97 Å². The van der Waals surface area contributed by atoms with Gasteiger partial charge in [0.25, 0.3) is 0 Å². The molecule has 19 heavy (non-hydrogen) atoms. The first-order valence-corrected chi connectivity index (χ1v) is 5.87. The Morgan fingerprint density at radius 2 is 2.26 bits per heavy atom. The first-order chi connectivity index (χ1) is 9.02. The molecule has 6 nitrogen and oxygen atoms in total. The monoisotopic (exact) mass is 265 g/mol. The summed E-state index contributed by atoms with van der Waals surface area (Å²) < 4.78 is 9.77. The van der Waals surface area contributed by atoms with E-state index in [0.717, 1.165) is 5.57 Å². The van der Waals surface area contributed by atoms with Crippen LogP contribution in [0.1, 0.15) is 13.8 Å². The molecule has 0 saturated carbocycles. The summed E-state index contributed by atoms with van der Waals surface area (Å²) in [6.07, 6.45) is 7.28. The number of nitrogens with zero attached hydrogens (tertiary/aromatic N) is 2. The van der Waals surface area contributed by atoms with E-state index in [1.54, 1.807) is 44.6 Å². The zero-order valence-corrected chi connectivity index (χ0v) is 11.4. The lowest BCUT2D eigenvalue weighted by Gasteiger charge is -2.13. The third kappa shape index (κ3) is 5.39. The maximum atomic E-state index is 11.3. The lowest BCUT2D eigenvalue weighted by Crippen LogP contribution is -2.33. The molecule has 0 fully saturated rings. The number of esters is 1. The van der Waals surface area contributed by atoms with Gasteiger partial charge < -0.3 is 9.47 Å². The van der Waals surface area contributed by atoms with Gasteiger partial charge in [0.05, 0.1) is 19.5 Å². The molecule has 1 aliphatic heterocycles. The Bertz CT molecular complexity index is 413. The van der Waals surface area contributed by atoms with Crippen molar-refractivity contribution in [3.05, 3.63) is 36.8 Å². The number of carbonyl (C=O) groups excluding carboxylic acids is 1. The lowest BCUT2D eigenvalue weighted by molar-refractivity contribution is -0.141. The van der Waals surface area contributed by atoms with Crippen LogP contribution in [0.4, 0.5) is 0 Å². The summed E-state index contributed by atoms with van der Waals surface area (Å²) in [5.74, 6) is -0.397. The van der Waals surface area contributed by atoms with Crippen molar-refractivity contribution >= 4 is 12.3 Å². The van der Waals surface area contributed by atoms with E-state index in [0.29, 0.717) is 0 Å². The number of aliphatic imine (C=N–C) groups is 1. The van der Waals surface area contributed by atoms with Crippen LogP contribution >= 0.6 is 0 Å². The predicted molar refractivity (Wildman–Crippen MR) is 72.9 cm³/mol. The molecule has 0 aromatic carbocycles. The van der Waals surface area contributed by atoms with Crippen LogP contribution in [-0.4, -0.2) is 36.7 Å². The van der Waals surface area contributed by atoms with Gasteiger partial charge in [0.2, 0.25) is 0 Å². The number of ether oxygens (including phenoxy) is 2. The van der Waals surface area contributed by atoms with Crippen LogP contribution in [0.25, 0.3) is 0 Å². The second-order valence-corrected chi connectivity index (χ2v) is 4.12. The Morgan fingerprint density at radius 1 is 1.53 bits per heavy atom. The normalized spacial score (nSPS) is 18.7. The van der Waals surface area contributed by atoms with E-state index in [1.165, 1.54) is 12.3 Å². The molecular formula is C13H19N3O3. The fraction of sp³-hybridized carbons (Fsp3) is 0.385. The summed E-state index contributed by atoms with van der Waals surface area (Å²) in [6, 6.07) is 0. The Balaban J connectivity index is 2.43. The maximum Gasteiger partial charge on any atom is 0.332 e. The fourth-order valence-electron chi connectivity index (χ4n) is 1.27. The average molecular weight is 265 g/mol. The zero-order chi connectivity index (χ0) is 14.3. The Labute approximate surface area is 113 Å². The van der Waals surface area contributed by atoms with Gasteiger partial charge in [-0.05, 0) is 25.5 Å². The summed E-state index contributed by atoms with van der Waals surface area (Å²) in [7, 11) is 1.56. The number of hydrogen-bond donors (Lipinski definition) is 1. The van der Waals surface area contributed by atoms with Crippen molar-refractivity contribution < 1.29 is 14.3 Å². The van der Waals surface area contributed by atoms with Gasteiger partial charge in [-0.25, -0.2) is 15.2 Å². The standard InChI is InChI=1S/C13H19N3O3/c1-10(2)19-12(17)5-7-16-9-14-13(15-16)11(3)6-8-18-4/h5-10,13,15H,3H2,1-2,4H3/b7-5-,8-6+. The molecule has 1 heterocycles. The number of nitrogens with one attached hydrogen (secondary N) is 1. The Hall–Kier alpha value is -2.08. The van der Waals surface area contributed by atoms with E-state index in [-0.39, 0.29) is 12.3 Å². The SMILES string of the molecule is C=C(/C=C/OC)C1N=CN(/C=C\C(=O)OC(C)C)N1. The van der Waals surface area contributed by atoms with Gasteiger partial charge in [0.1, 0.15) is 12.5 Å². The highest BCUT2D eigenvalue weighted by Gasteiger charge is 2.16. The minimum atomic E-state index is -0.397. The van der Waals surface area contributed by atoms with Crippen molar-refractivity contribution in [1.82, 2.24) is 10.4 Å². The summed E-state index contributed by atoms with van der Waals surface area (Å²) in [5.41, 5.74) is 3.77. The van der Waals surface area contributed by atoms with Crippen molar-refractivity contribution in [2.75, 3.05) is 7.11 Å². The highest BCUT2D eigenvalue weighted by atomic mass is 16.5. The molecular weight excluding hydrogens is 246 g/mol. The zero-order valence-electron chi connectivity index (χ0n) is 11.4. The van der Waals surface area contributed by atoms with Crippen LogP contribution in [0.2, 0.25) is 0 Å². The van der Waals surface area contributed by atoms with Gasteiger partial charge >= 0.3 is 5.97 Å². The van der Waals surface area contributed by atoms with Crippen LogP contribution in [-0.2, 0) is 14.3 Å². The van der Waals surface area contributed by atoms with Crippen LogP contribution in [0, 0.1) is 0 Å². The second-order valence-electron chi connectivity index (χ2n) is 4.12. The van der Waals surface area contributed by atoms with E-state index in [4.69, 9.17) is 9.47 Å². The van der Waals surface area contributed by atoms with Crippen LogP contribution in [0.3, 0.4) is 0 Å². The van der Waals surface area contributed by atoms with E-state index in [1.807, 2.05) is 0 Å². The van der Waals surface area contributed by atoms with Crippen molar-refractivity contribution in [2.45, 2.75) is 26.1 Å². The summed E-state index contributed by atoms with van der Waals surface area (Å²) in [5, 5.41) is 1.57. The second kappa shape index (κ2) is 7.38. The van der Waals surface area contributed by atoms with Crippen molar-refractivity contribution in [1.29, 1.82) is 0 Å². The maximum absolute atomic E-state index is 11.3. The molecule has 0 radical (unpaired) electrons. The highest BCUT2D eigenvalue weighted by Crippen LogP contribution is 2.08. The van der Waals surface area contributed by atoms with Gasteiger partial charge in [-0.3, -0.25) is 5.01 Å². The number of methoxy groups -OCH3 is 1. The van der Waals surface area contributed by atoms with Gasteiger partial charge in [-0.1, -0.05) is 6.58 Å². The lowest BCUT2D eigenvalue weighted by atomic mass is 10.2. The average Bonchev–Trinajstić information content (AvgIpc) is 2.81.